The first-order chi connectivity index (χ1) is 9.70. The van der Waals surface area contributed by atoms with Gasteiger partial charge >= 0.3 is 0 Å². The summed E-state index contributed by atoms with van der Waals surface area (Å²) >= 11 is 1.88. The lowest BCUT2D eigenvalue weighted by Gasteiger charge is -2.33. The van der Waals surface area contributed by atoms with Gasteiger partial charge in [-0.2, -0.15) is 0 Å². The molecular formula is C15H22N2O2S. The van der Waals surface area contributed by atoms with Crippen molar-refractivity contribution in [1.82, 2.24) is 5.32 Å². The Morgan fingerprint density at radius 1 is 1.50 bits per heavy atom. The highest BCUT2D eigenvalue weighted by Crippen LogP contribution is 2.37. The molecule has 0 unspecified atom stereocenters. The van der Waals surface area contributed by atoms with Gasteiger partial charge in [-0.1, -0.05) is 19.1 Å². The van der Waals surface area contributed by atoms with E-state index in [0.29, 0.717) is 24.9 Å². The Labute approximate surface area is 124 Å². The van der Waals surface area contributed by atoms with E-state index in [9.17, 15) is 4.79 Å². The van der Waals surface area contributed by atoms with Crippen molar-refractivity contribution in [3.63, 3.8) is 0 Å². The Morgan fingerprint density at radius 3 is 3.10 bits per heavy atom. The zero-order valence-corrected chi connectivity index (χ0v) is 12.9. The van der Waals surface area contributed by atoms with E-state index in [1.807, 2.05) is 23.9 Å². The van der Waals surface area contributed by atoms with Crippen molar-refractivity contribution in [1.29, 1.82) is 0 Å². The van der Waals surface area contributed by atoms with E-state index in [1.54, 1.807) is 7.11 Å². The molecule has 0 radical (unpaired) electrons. The van der Waals surface area contributed by atoms with Crippen LogP contribution < -0.4 is 10.2 Å². The summed E-state index contributed by atoms with van der Waals surface area (Å²) in [5.74, 6) is 0.0787. The summed E-state index contributed by atoms with van der Waals surface area (Å²) < 4.78 is 4.97. The number of amides is 1. The van der Waals surface area contributed by atoms with E-state index in [2.05, 4.69) is 29.3 Å². The van der Waals surface area contributed by atoms with Crippen LogP contribution in [0.1, 0.15) is 13.3 Å². The lowest BCUT2D eigenvalue weighted by Crippen LogP contribution is -2.42. The Bertz CT molecular complexity index is 453. The number of benzene rings is 1. The van der Waals surface area contributed by atoms with Crippen molar-refractivity contribution in [3.05, 3.63) is 24.3 Å². The topological polar surface area (TPSA) is 41.6 Å². The van der Waals surface area contributed by atoms with Gasteiger partial charge in [0.05, 0.1) is 12.2 Å². The molecule has 1 amide bonds. The van der Waals surface area contributed by atoms with Crippen LogP contribution in [-0.2, 0) is 9.53 Å². The van der Waals surface area contributed by atoms with Gasteiger partial charge in [-0.15, -0.1) is 11.8 Å². The van der Waals surface area contributed by atoms with Crippen LogP contribution in [0.4, 0.5) is 5.69 Å². The number of thioether (sulfide) groups is 1. The Morgan fingerprint density at radius 2 is 2.30 bits per heavy atom. The average molecular weight is 294 g/mol. The van der Waals surface area contributed by atoms with Gasteiger partial charge in [0.25, 0.3) is 0 Å². The number of para-hydroxylation sites is 1. The number of nitrogens with one attached hydrogen (secondary N) is 1. The third kappa shape index (κ3) is 4.15. The second kappa shape index (κ2) is 7.55. The van der Waals surface area contributed by atoms with Crippen LogP contribution in [0.15, 0.2) is 29.2 Å². The van der Waals surface area contributed by atoms with E-state index in [0.717, 1.165) is 13.0 Å². The number of nitrogens with zero attached hydrogens (tertiary/aromatic N) is 1. The number of rotatable bonds is 6. The van der Waals surface area contributed by atoms with Crippen molar-refractivity contribution in [3.8, 4) is 0 Å². The molecule has 0 saturated heterocycles. The summed E-state index contributed by atoms with van der Waals surface area (Å²) in [6, 6.07) is 8.29. The second-order valence-corrected chi connectivity index (χ2v) is 6.45. The molecule has 110 valence electrons. The van der Waals surface area contributed by atoms with E-state index in [1.165, 1.54) is 10.6 Å². The number of anilines is 1. The fraction of sp³-hybridized carbons (Fsp3) is 0.533. The van der Waals surface area contributed by atoms with Gasteiger partial charge in [0.1, 0.15) is 0 Å². The Balaban J connectivity index is 1.91. The number of methoxy groups -OCH3 is 1. The molecule has 1 atom stereocenters. The second-order valence-electron chi connectivity index (χ2n) is 4.97. The molecule has 5 heteroatoms. The molecule has 1 aliphatic rings. The molecular weight excluding hydrogens is 272 g/mol. The predicted molar refractivity (Wildman–Crippen MR) is 83.5 cm³/mol. The smallest absolute Gasteiger partial charge is 0.239 e. The zero-order valence-electron chi connectivity index (χ0n) is 12.1. The zero-order chi connectivity index (χ0) is 14.4. The number of carbonyl (C=O) groups excluding carboxylic acids is 1. The third-order valence-corrected chi connectivity index (χ3v) is 4.34. The SMILES string of the molecule is COCCCNC(=O)CN1C[C@@H](C)Sc2ccccc21. The molecule has 1 aromatic carbocycles. The standard InChI is InChI=1S/C15H22N2O2S/c1-12-10-17(11-15(18)16-8-5-9-19-2)13-6-3-4-7-14(13)20-12/h3-4,6-7,12H,5,8-11H2,1-2H3,(H,16,18)/t12-/m1/s1. The highest BCUT2D eigenvalue weighted by atomic mass is 32.2. The maximum Gasteiger partial charge on any atom is 0.239 e. The molecule has 20 heavy (non-hydrogen) atoms. The average Bonchev–Trinajstić information content (AvgIpc) is 2.43. The summed E-state index contributed by atoms with van der Waals surface area (Å²) in [5.41, 5.74) is 1.17. The molecule has 1 heterocycles. The largest absolute Gasteiger partial charge is 0.385 e. The lowest BCUT2D eigenvalue weighted by atomic mass is 10.2. The van der Waals surface area contributed by atoms with E-state index in [4.69, 9.17) is 4.74 Å². The first kappa shape index (κ1) is 15.2. The first-order valence-electron chi connectivity index (χ1n) is 6.97. The molecule has 4 nitrogen and oxygen atoms in total. The lowest BCUT2D eigenvalue weighted by molar-refractivity contribution is -0.119. The Kier molecular flexibility index (Phi) is 5.73. The molecule has 0 spiro atoms. The molecule has 0 aromatic heterocycles. The van der Waals surface area contributed by atoms with Crippen molar-refractivity contribution in [2.24, 2.45) is 0 Å². The van der Waals surface area contributed by atoms with Crippen LogP contribution in [-0.4, -0.2) is 44.5 Å². The normalized spacial score (nSPS) is 17.7. The maximum absolute atomic E-state index is 12.0. The van der Waals surface area contributed by atoms with Gasteiger partial charge in [0.15, 0.2) is 0 Å². The monoisotopic (exact) mass is 294 g/mol. The van der Waals surface area contributed by atoms with Gasteiger partial charge in [0, 0.05) is 37.0 Å². The Hall–Kier alpha value is -1.20. The van der Waals surface area contributed by atoms with Crippen LogP contribution in [0, 0.1) is 0 Å². The molecule has 2 rings (SSSR count). The number of hydrogen-bond acceptors (Lipinski definition) is 4. The van der Waals surface area contributed by atoms with Crippen molar-refractivity contribution >= 4 is 23.4 Å². The van der Waals surface area contributed by atoms with Gasteiger partial charge in [0.2, 0.25) is 5.91 Å². The van der Waals surface area contributed by atoms with Gasteiger partial charge in [-0.05, 0) is 18.6 Å². The highest BCUT2D eigenvalue weighted by Gasteiger charge is 2.23. The minimum Gasteiger partial charge on any atom is -0.385 e. The number of ether oxygens (including phenoxy) is 1. The first-order valence-corrected chi connectivity index (χ1v) is 7.85. The van der Waals surface area contributed by atoms with Crippen molar-refractivity contribution in [2.75, 3.05) is 38.3 Å². The van der Waals surface area contributed by atoms with E-state index in [-0.39, 0.29) is 5.91 Å². The predicted octanol–water partition coefficient (Wildman–Crippen LogP) is 2.14. The number of hydrogen-bond donors (Lipinski definition) is 1. The summed E-state index contributed by atoms with van der Waals surface area (Å²) in [6.07, 6.45) is 0.852. The molecule has 0 fully saturated rings. The summed E-state index contributed by atoms with van der Waals surface area (Å²) in [7, 11) is 1.67. The molecule has 0 aliphatic carbocycles. The fourth-order valence-corrected chi connectivity index (χ4v) is 3.47. The van der Waals surface area contributed by atoms with Crippen LogP contribution in [0.25, 0.3) is 0 Å². The van der Waals surface area contributed by atoms with Gasteiger partial charge in [-0.25, -0.2) is 0 Å². The number of carbonyl (C=O) groups is 1. The van der Waals surface area contributed by atoms with Crippen LogP contribution in [0.5, 0.6) is 0 Å². The minimum atomic E-state index is 0.0787. The summed E-state index contributed by atoms with van der Waals surface area (Å²) in [4.78, 5) is 15.4. The van der Waals surface area contributed by atoms with Gasteiger partial charge < -0.3 is 15.0 Å². The minimum absolute atomic E-state index is 0.0787. The van der Waals surface area contributed by atoms with Crippen molar-refractivity contribution < 1.29 is 9.53 Å². The van der Waals surface area contributed by atoms with Crippen molar-refractivity contribution in [2.45, 2.75) is 23.5 Å². The molecule has 1 N–H and O–H groups in total. The molecule has 1 aromatic rings. The maximum atomic E-state index is 12.0. The third-order valence-electron chi connectivity index (χ3n) is 3.19. The molecule has 0 bridgehead atoms. The number of fused-ring (bicyclic) bond motifs is 1. The summed E-state index contributed by atoms with van der Waals surface area (Å²) in [6.45, 7) is 4.89. The van der Waals surface area contributed by atoms with Crippen LogP contribution in [0.3, 0.4) is 0 Å². The molecule has 0 saturated carbocycles. The van der Waals surface area contributed by atoms with E-state index < -0.39 is 0 Å². The van der Waals surface area contributed by atoms with Gasteiger partial charge in [-0.3, -0.25) is 4.79 Å². The molecule has 1 aliphatic heterocycles. The summed E-state index contributed by atoms with van der Waals surface area (Å²) in [5, 5.41) is 3.45. The fourth-order valence-electron chi connectivity index (χ4n) is 2.30. The van der Waals surface area contributed by atoms with Crippen LogP contribution >= 0.6 is 11.8 Å². The quantitative estimate of drug-likeness (QED) is 0.816. The highest BCUT2D eigenvalue weighted by molar-refractivity contribution is 8.00. The van der Waals surface area contributed by atoms with Crippen LogP contribution in [0.2, 0.25) is 0 Å². The van der Waals surface area contributed by atoms with E-state index >= 15 is 0 Å².